The molecule has 0 bridgehead atoms. The van der Waals surface area contributed by atoms with E-state index in [1.54, 1.807) is 12.1 Å². The molecule has 0 spiro atoms. The average Bonchev–Trinajstić information content (AvgIpc) is 2.48. The third kappa shape index (κ3) is 3.58. The normalized spacial score (nSPS) is 17.9. The van der Waals surface area contributed by atoms with Crippen LogP contribution in [0, 0.1) is 5.92 Å². The summed E-state index contributed by atoms with van der Waals surface area (Å²) in [7, 11) is 3.00. The van der Waals surface area contributed by atoms with Gasteiger partial charge in [0.25, 0.3) is 0 Å². The van der Waals surface area contributed by atoms with Gasteiger partial charge in [-0.25, -0.2) is 0 Å². The van der Waals surface area contributed by atoms with E-state index in [1.807, 2.05) is 0 Å². The molecule has 2 N–H and O–H groups in total. The van der Waals surface area contributed by atoms with Crippen LogP contribution in [0.5, 0.6) is 11.5 Å². The maximum atomic E-state index is 12.2. The molecule has 2 amide bonds. The zero-order chi connectivity index (χ0) is 15.4. The molecule has 1 saturated heterocycles. The number of hydrogen-bond donors (Lipinski definition) is 2. The van der Waals surface area contributed by atoms with Crippen molar-refractivity contribution in [3.8, 4) is 11.5 Å². The molecule has 7 heteroatoms. The van der Waals surface area contributed by atoms with E-state index in [4.69, 9.17) is 21.1 Å². The summed E-state index contributed by atoms with van der Waals surface area (Å²) in [5, 5.41) is 5.84. The largest absolute Gasteiger partial charge is 0.495 e. The summed E-state index contributed by atoms with van der Waals surface area (Å²) < 4.78 is 10.3. The van der Waals surface area contributed by atoms with E-state index in [-0.39, 0.29) is 17.7 Å². The van der Waals surface area contributed by atoms with Crippen molar-refractivity contribution in [2.75, 3.05) is 26.1 Å². The SMILES string of the molecule is COc1cc(OC)c(NC(=O)C2CCC(=O)NC2)cc1Cl. The van der Waals surface area contributed by atoms with Gasteiger partial charge in [-0.1, -0.05) is 11.6 Å². The Morgan fingerprint density at radius 1 is 1.33 bits per heavy atom. The Morgan fingerprint density at radius 3 is 2.62 bits per heavy atom. The lowest BCUT2D eigenvalue weighted by Gasteiger charge is -2.22. The molecule has 114 valence electrons. The van der Waals surface area contributed by atoms with Crippen molar-refractivity contribution in [3.63, 3.8) is 0 Å². The van der Waals surface area contributed by atoms with Crippen molar-refractivity contribution in [3.05, 3.63) is 17.2 Å². The van der Waals surface area contributed by atoms with Crippen LogP contribution in [0.2, 0.25) is 5.02 Å². The zero-order valence-electron chi connectivity index (χ0n) is 11.9. The molecule has 0 radical (unpaired) electrons. The summed E-state index contributed by atoms with van der Waals surface area (Å²) in [4.78, 5) is 23.3. The summed E-state index contributed by atoms with van der Waals surface area (Å²) >= 11 is 6.06. The second kappa shape index (κ2) is 6.67. The predicted molar refractivity (Wildman–Crippen MR) is 78.9 cm³/mol. The van der Waals surface area contributed by atoms with Crippen LogP contribution in [0.25, 0.3) is 0 Å². The number of halogens is 1. The van der Waals surface area contributed by atoms with Gasteiger partial charge in [0.05, 0.1) is 30.8 Å². The van der Waals surface area contributed by atoms with Gasteiger partial charge >= 0.3 is 0 Å². The molecule has 1 aliphatic heterocycles. The van der Waals surface area contributed by atoms with Gasteiger partial charge in [-0.05, 0) is 12.5 Å². The van der Waals surface area contributed by atoms with Crippen molar-refractivity contribution < 1.29 is 19.1 Å². The fourth-order valence-corrected chi connectivity index (χ4v) is 2.39. The molecular weight excluding hydrogens is 296 g/mol. The van der Waals surface area contributed by atoms with E-state index < -0.39 is 0 Å². The molecule has 0 saturated carbocycles. The van der Waals surface area contributed by atoms with E-state index in [2.05, 4.69) is 10.6 Å². The van der Waals surface area contributed by atoms with E-state index >= 15 is 0 Å². The Morgan fingerprint density at radius 2 is 2.05 bits per heavy atom. The number of carbonyl (C=O) groups excluding carboxylic acids is 2. The molecular formula is C14H17ClN2O4. The summed E-state index contributed by atoms with van der Waals surface area (Å²) in [6.07, 6.45) is 0.891. The minimum atomic E-state index is -0.256. The van der Waals surface area contributed by atoms with Crippen LogP contribution < -0.4 is 20.1 Å². The number of anilines is 1. The lowest BCUT2D eigenvalue weighted by molar-refractivity contribution is -0.126. The first-order valence-corrected chi connectivity index (χ1v) is 6.92. The number of benzene rings is 1. The highest BCUT2D eigenvalue weighted by atomic mass is 35.5. The number of hydrogen-bond acceptors (Lipinski definition) is 4. The molecule has 1 aromatic rings. The number of nitrogens with one attached hydrogen (secondary N) is 2. The minimum absolute atomic E-state index is 0.0240. The predicted octanol–water partition coefficient (Wildman–Crippen LogP) is 1.82. The average molecular weight is 313 g/mol. The zero-order valence-corrected chi connectivity index (χ0v) is 12.6. The summed E-state index contributed by atoms with van der Waals surface area (Å²) in [6, 6.07) is 3.19. The van der Waals surface area contributed by atoms with Crippen molar-refractivity contribution in [1.29, 1.82) is 0 Å². The molecule has 2 rings (SSSR count). The smallest absolute Gasteiger partial charge is 0.229 e. The highest BCUT2D eigenvalue weighted by molar-refractivity contribution is 6.32. The third-order valence-corrected chi connectivity index (χ3v) is 3.66. The molecule has 1 atom stereocenters. The van der Waals surface area contributed by atoms with Crippen LogP contribution in [-0.4, -0.2) is 32.6 Å². The third-order valence-electron chi connectivity index (χ3n) is 3.37. The fourth-order valence-electron chi connectivity index (χ4n) is 2.15. The number of piperidine rings is 1. The number of carbonyl (C=O) groups is 2. The lowest BCUT2D eigenvalue weighted by atomic mass is 9.98. The summed E-state index contributed by atoms with van der Waals surface area (Å²) in [5.41, 5.74) is 0.477. The van der Waals surface area contributed by atoms with Crippen molar-refractivity contribution >= 4 is 29.1 Å². The van der Waals surface area contributed by atoms with Gasteiger partial charge in [0.15, 0.2) is 0 Å². The van der Waals surface area contributed by atoms with Crippen LogP contribution in [0.3, 0.4) is 0 Å². The number of rotatable bonds is 4. The second-order valence-electron chi connectivity index (χ2n) is 4.72. The minimum Gasteiger partial charge on any atom is -0.495 e. The summed E-state index contributed by atoms with van der Waals surface area (Å²) in [5.74, 6) is 0.479. The monoisotopic (exact) mass is 312 g/mol. The fraction of sp³-hybridized carbons (Fsp3) is 0.429. The van der Waals surface area contributed by atoms with Crippen LogP contribution in [-0.2, 0) is 9.59 Å². The molecule has 1 aromatic carbocycles. The van der Waals surface area contributed by atoms with Gasteiger partial charge in [0.2, 0.25) is 11.8 Å². The van der Waals surface area contributed by atoms with Crippen LogP contribution in [0.15, 0.2) is 12.1 Å². The number of methoxy groups -OCH3 is 2. The molecule has 0 aliphatic carbocycles. The first-order valence-electron chi connectivity index (χ1n) is 6.54. The first-order chi connectivity index (χ1) is 10.0. The van der Waals surface area contributed by atoms with Crippen molar-refractivity contribution in [2.45, 2.75) is 12.8 Å². The van der Waals surface area contributed by atoms with Crippen LogP contribution in [0.4, 0.5) is 5.69 Å². The van der Waals surface area contributed by atoms with Gasteiger partial charge in [0, 0.05) is 19.0 Å². The molecule has 21 heavy (non-hydrogen) atoms. The highest BCUT2D eigenvalue weighted by Gasteiger charge is 2.25. The Kier molecular flexibility index (Phi) is 4.90. The Labute approximate surface area is 127 Å². The van der Waals surface area contributed by atoms with Gasteiger partial charge in [-0.3, -0.25) is 9.59 Å². The van der Waals surface area contributed by atoms with E-state index in [9.17, 15) is 9.59 Å². The molecule has 1 fully saturated rings. The molecule has 1 aliphatic rings. The second-order valence-corrected chi connectivity index (χ2v) is 5.12. The standard InChI is InChI=1S/C14H17ClN2O4/c1-20-11-6-12(21-2)10(5-9(11)15)17-14(19)8-3-4-13(18)16-7-8/h5-6,8H,3-4,7H2,1-2H3,(H,16,18)(H,17,19). The first kappa shape index (κ1) is 15.4. The van der Waals surface area contributed by atoms with Gasteiger partial charge < -0.3 is 20.1 Å². The van der Waals surface area contributed by atoms with Crippen molar-refractivity contribution in [1.82, 2.24) is 5.32 Å². The molecule has 6 nitrogen and oxygen atoms in total. The van der Waals surface area contributed by atoms with E-state index in [0.717, 1.165) is 0 Å². The molecule has 0 aromatic heterocycles. The van der Waals surface area contributed by atoms with Gasteiger partial charge in [-0.2, -0.15) is 0 Å². The number of ether oxygens (including phenoxy) is 2. The Hall–Kier alpha value is -1.95. The van der Waals surface area contributed by atoms with E-state index in [0.29, 0.717) is 41.6 Å². The van der Waals surface area contributed by atoms with E-state index in [1.165, 1.54) is 14.2 Å². The topological polar surface area (TPSA) is 76.7 Å². The molecule has 1 unspecified atom stereocenters. The quantitative estimate of drug-likeness (QED) is 0.889. The van der Waals surface area contributed by atoms with Crippen molar-refractivity contribution in [2.24, 2.45) is 5.92 Å². The maximum absolute atomic E-state index is 12.2. The van der Waals surface area contributed by atoms with Gasteiger partial charge in [-0.15, -0.1) is 0 Å². The van der Waals surface area contributed by atoms with Crippen LogP contribution >= 0.6 is 11.6 Å². The highest BCUT2D eigenvalue weighted by Crippen LogP contribution is 2.36. The lowest BCUT2D eigenvalue weighted by Crippen LogP contribution is -2.40. The number of amides is 2. The maximum Gasteiger partial charge on any atom is 0.229 e. The Bertz CT molecular complexity index is 552. The Balaban J connectivity index is 2.13. The van der Waals surface area contributed by atoms with Crippen LogP contribution in [0.1, 0.15) is 12.8 Å². The molecule has 1 heterocycles. The van der Waals surface area contributed by atoms with Gasteiger partial charge in [0.1, 0.15) is 11.5 Å². The summed E-state index contributed by atoms with van der Waals surface area (Å²) in [6.45, 7) is 0.344.